The van der Waals surface area contributed by atoms with Crippen LogP contribution < -0.4 is 5.73 Å². The van der Waals surface area contributed by atoms with Gasteiger partial charge in [0.1, 0.15) is 11.9 Å². The van der Waals surface area contributed by atoms with Crippen LogP contribution in [0.1, 0.15) is 25.1 Å². The number of hydrogen-bond acceptors (Lipinski definition) is 2. The van der Waals surface area contributed by atoms with Crippen LogP contribution in [0.2, 0.25) is 0 Å². The first-order valence-electron chi connectivity index (χ1n) is 4.28. The van der Waals surface area contributed by atoms with Gasteiger partial charge in [-0.2, -0.15) is 0 Å². The zero-order valence-corrected chi connectivity index (χ0v) is 7.57. The summed E-state index contributed by atoms with van der Waals surface area (Å²) in [6, 6.07) is 6.04. The summed E-state index contributed by atoms with van der Waals surface area (Å²) in [6.45, 7) is 1.76. The van der Waals surface area contributed by atoms with Crippen LogP contribution in [0, 0.1) is 0 Å². The summed E-state index contributed by atoms with van der Waals surface area (Å²) in [5.74, 6) is 0.0878. The second kappa shape index (κ2) is 4.23. The van der Waals surface area contributed by atoms with Gasteiger partial charge in [-0.25, -0.2) is 4.39 Å². The normalized spacial score (nSPS) is 15.3. The van der Waals surface area contributed by atoms with Crippen LogP contribution >= 0.6 is 0 Å². The molecule has 0 aliphatic heterocycles. The Hall–Kier alpha value is -1.09. The van der Waals surface area contributed by atoms with Crippen molar-refractivity contribution in [2.45, 2.75) is 25.6 Å². The molecular formula is C10H14FNO. The molecule has 3 N–H and O–H groups in total. The van der Waals surface area contributed by atoms with Crippen LogP contribution in [0.15, 0.2) is 24.3 Å². The third-order valence-electron chi connectivity index (χ3n) is 1.81. The van der Waals surface area contributed by atoms with Crippen LogP contribution in [0.3, 0.4) is 0 Å². The first kappa shape index (κ1) is 9.99. The van der Waals surface area contributed by atoms with E-state index >= 15 is 0 Å². The van der Waals surface area contributed by atoms with E-state index in [2.05, 4.69) is 0 Å². The van der Waals surface area contributed by atoms with Crippen LogP contribution in [0.5, 0.6) is 5.75 Å². The van der Waals surface area contributed by atoms with E-state index in [1.165, 1.54) is 12.1 Å². The molecule has 0 aliphatic rings. The third-order valence-corrected chi connectivity index (χ3v) is 1.81. The fourth-order valence-corrected chi connectivity index (χ4v) is 1.18. The maximum Gasteiger partial charge on any atom is 0.127 e. The molecule has 1 rings (SSSR count). The maximum absolute atomic E-state index is 13.4. The predicted molar refractivity (Wildman–Crippen MR) is 50.2 cm³/mol. The molecule has 72 valence electrons. The quantitative estimate of drug-likeness (QED) is 0.754. The Labute approximate surface area is 77.2 Å². The van der Waals surface area contributed by atoms with E-state index in [9.17, 15) is 4.39 Å². The van der Waals surface area contributed by atoms with Gasteiger partial charge in [0, 0.05) is 6.04 Å². The lowest BCUT2D eigenvalue weighted by atomic mass is 10.0. The van der Waals surface area contributed by atoms with Gasteiger partial charge in [0.2, 0.25) is 0 Å². The molecule has 1 aromatic carbocycles. The van der Waals surface area contributed by atoms with Crippen LogP contribution in [0.4, 0.5) is 4.39 Å². The average Bonchev–Trinajstić information content (AvgIpc) is 2.03. The minimum atomic E-state index is -1.09. The summed E-state index contributed by atoms with van der Waals surface area (Å²) >= 11 is 0. The van der Waals surface area contributed by atoms with Gasteiger partial charge < -0.3 is 10.8 Å². The van der Waals surface area contributed by atoms with Crippen molar-refractivity contribution < 1.29 is 9.50 Å². The minimum Gasteiger partial charge on any atom is -0.508 e. The number of alkyl halides is 1. The molecule has 2 atom stereocenters. The summed E-state index contributed by atoms with van der Waals surface area (Å²) in [5.41, 5.74) is 5.95. The van der Waals surface area contributed by atoms with Crippen LogP contribution in [-0.4, -0.2) is 11.1 Å². The molecule has 0 spiro atoms. The van der Waals surface area contributed by atoms with Crippen molar-refractivity contribution in [3.05, 3.63) is 29.8 Å². The number of aromatic hydroxyl groups is 1. The lowest BCUT2D eigenvalue weighted by Gasteiger charge is -2.10. The Morgan fingerprint density at radius 2 is 2.23 bits per heavy atom. The molecule has 13 heavy (non-hydrogen) atoms. The van der Waals surface area contributed by atoms with E-state index < -0.39 is 6.17 Å². The number of hydrogen-bond donors (Lipinski definition) is 2. The van der Waals surface area contributed by atoms with Gasteiger partial charge in [0.15, 0.2) is 0 Å². The molecule has 0 aliphatic carbocycles. The number of benzene rings is 1. The SMILES string of the molecule is CC(N)CC(F)c1cccc(O)c1. The lowest BCUT2D eigenvalue weighted by Crippen LogP contribution is -2.16. The molecule has 0 radical (unpaired) electrons. The van der Waals surface area contributed by atoms with Gasteiger partial charge >= 0.3 is 0 Å². The largest absolute Gasteiger partial charge is 0.508 e. The number of halogens is 1. The van der Waals surface area contributed by atoms with Crippen molar-refractivity contribution in [1.82, 2.24) is 0 Å². The van der Waals surface area contributed by atoms with Gasteiger partial charge in [-0.15, -0.1) is 0 Å². The molecular weight excluding hydrogens is 169 g/mol. The topological polar surface area (TPSA) is 46.2 Å². The number of phenols is 1. The molecule has 2 unspecified atom stereocenters. The Morgan fingerprint density at radius 1 is 1.54 bits per heavy atom. The van der Waals surface area contributed by atoms with Gasteiger partial charge in [-0.05, 0) is 31.0 Å². The number of nitrogens with two attached hydrogens (primary N) is 1. The van der Waals surface area contributed by atoms with Crippen molar-refractivity contribution in [3.8, 4) is 5.75 Å². The molecule has 1 aromatic rings. The second-order valence-corrected chi connectivity index (χ2v) is 3.28. The van der Waals surface area contributed by atoms with Crippen LogP contribution in [-0.2, 0) is 0 Å². The predicted octanol–water partition coefficient (Wildman–Crippen LogP) is 2.14. The van der Waals surface area contributed by atoms with Gasteiger partial charge in [0.25, 0.3) is 0 Å². The highest BCUT2D eigenvalue weighted by atomic mass is 19.1. The number of rotatable bonds is 3. The Morgan fingerprint density at radius 3 is 2.77 bits per heavy atom. The molecule has 3 heteroatoms. The number of phenolic OH excluding ortho intramolecular Hbond substituents is 1. The van der Waals surface area contributed by atoms with E-state index in [1.807, 2.05) is 0 Å². The Balaban J connectivity index is 2.71. The third kappa shape index (κ3) is 3.03. The van der Waals surface area contributed by atoms with Gasteiger partial charge in [-0.1, -0.05) is 12.1 Å². The Bertz CT molecular complexity index is 275. The molecule has 0 amide bonds. The van der Waals surface area contributed by atoms with E-state index in [0.717, 1.165) is 0 Å². The second-order valence-electron chi connectivity index (χ2n) is 3.28. The lowest BCUT2D eigenvalue weighted by molar-refractivity contribution is 0.306. The van der Waals surface area contributed by atoms with Crippen molar-refractivity contribution in [2.24, 2.45) is 5.73 Å². The highest BCUT2D eigenvalue weighted by Crippen LogP contribution is 2.24. The van der Waals surface area contributed by atoms with Crippen molar-refractivity contribution in [1.29, 1.82) is 0 Å². The molecule has 0 aromatic heterocycles. The summed E-state index contributed by atoms with van der Waals surface area (Å²) < 4.78 is 13.4. The fraction of sp³-hybridized carbons (Fsp3) is 0.400. The summed E-state index contributed by atoms with van der Waals surface area (Å²) in [7, 11) is 0. The van der Waals surface area contributed by atoms with Crippen molar-refractivity contribution in [2.75, 3.05) is 0 Å². The molecule has 0 bridgehead atoms. The van der Waals surface area contributed by atoms with E-state index in [4.69, 9.17) is 10.8 Å². The van der Waals surface area contributed by atoms with E-state index in [1.54, 1.807) is 19.1 Å². The zero-order chi connectivity index (χ0) is 9.84. The summed E-state index contributed by atoms with van der Waals surface area (Å²) in [5, 5.41) is 9.10. The van der Waals surface area contributed by atoms with E-state index in [0.29, 0.717) is 5.56 Å². The van der Waals surface area contributed by atoms with E-state index in [-0.39, 0.29) is 18.2 Å². The van der Waals surface area contributed by atoms with Gasteiger partial charge in [0.05, 0.1) is 0 Å². The first-order chi connectivity index (χ1) is 6.09. The van der Waals surface area contributed by atoms with Crippen molar-refractivity contribution >= 4 is 0 Å². The standard InChI is InChI=1S/C10H14FNO/c1-7(12)5-10(11)8-3-2-4-9(13)6-8/h2-4,6-7,10,13H,5,12H2,1H3. The fourth-order valence-electron chi connectivity index (χ4n) is 1.18. The minimum absolute atomic E-state index is 0.0878. The highest BCUT2D eigenvalue weighted by Gasteiger charge is 2.11. The zero-order valence-electron chi connectivity index (χ0n) is 7.57. The average molecular weight is 183 g/mol. The summed E-state index contributed by atoms with van der Waals surface area (Å²) in [6.07, 6.45) is -0.809. The molecule has 0 heterocycles. The van der Waals surface area contributed by atoms with Crippen LogP contribution in [0.25, 0.3) is 0 Å². The molecule has 0 saturated carbocycles. The Kier molecular flexibility index (Phi) is 3.25. The monoisotopic (exact) mass is 183 g/mol. The molecule has 0 saturated heterocycles. The van der Waals surface area contributed by atoms with Gasteiger partial charge in [-0.3, -0.25) is 0 Å². The molecule has 0 fully saturated rings. The maximum atomic E-state index is 13.4. The first-order valence-corrected chi connectivity index (χ1v) is 4.28. The smallest absolute Gasteiger partial charge is 0.127 e. The highest BCUT2D eigenvalue weighted by molar-refractivity contribution is 5.28. The van der Waals surface area contributed by atoms with Crippen molar-refractivity contribution in [3.63, 3.8) is 0 Å². The molecule has 2 nitrogen and oxygen atoms in total. The summed E-state index contributed by atoms with van der Waals surface area (Å²) in [4.78, 5) is 0.